The maximum Gasteiger partial charge on any atom is 0.255 e. The molecule has 0 aliphatic carbocycles. The van der Waals surface area contributed by atoms with Crippen LogP contribution in [0.25, 0.3) is 0 Å². The first-order chi connectivity index (χ1) is 20.0. The molecule has 5 rings (SSSR count). The molecule has 2 aromatic heterocycles. The van der Waals surface area contributed by atoms with Gasteiger partial charge in [-0.25, -0.2) is 21.5 Å². The number of halogens is 2. The van der Waals surface area contributed by atoms with Crippen LogP contribution < -0.4 is 15.6 Å². The Bertz CT molecular complexity index is 1780. The van der Waals surface area contributed by atoms with Crippen LogP contribution in [0.1, 0.15) is 38.7 Å². The van der Waals surface area contributed by atoms with E-state index in [1.165, 1.54) is 17.5 Å². The average molecular weight is 598 g/mol. The molecule has 10 nitrogen and oxygen atoms in total. The van der Waals surface area contributed by atoms with Crippen molar-refractivity contribution in [1.29, 1.82) is 0 Å². The molecule has 3 heterocycles. The maximum atomic E-state index is 14.6. The number of hydrogen-bond acceptors (Lipinski definition) is 6. The number of hydrogen-bond donors (Lipinski definition) is 1. The van der Waals surface area contributed by atoms with Gasteiger partial charge in [-0.2, -0.15) is 5.10 Å². The van der Waals surface area contributed by atoms with E-state index in [2.05, 4.69) is 10.4 Å². The first kappa shape index (κ1) is 29.1. The third kappa shape index (κ3) is 6.26. The zero-order valence-corrected chi connectivity index (χ0v) is 23.8. The van der Waals surface area contributed by atoms with E-state index >= 15 is 0 Å². The van der Waals surface area contributed by atoms with Crippen molar-refractivity contribution in [2.45, 2.75) is 25.6 Å². The van der Waals surface area contributed by atoms with Gasteiger partial charge in [0.2, 0.25) is 10.0 Å². The number of carbonyl (C=O) groups is 1. The molecule has 0 saturated carbocycles. The molecule has 0 spiro atoms. The summed E-state index contributed by atoms with van der Waals surface area (Å²) in [5, 5.41) is 7.16. The van der Waals surface area contributed by atoms with Crippen molar-refractivity contribution in [2.24, 2.45) is 0 Å². The Labute approximate surface area is 241 Å². The van der Waals surface area contributed by atoms with Crippen LogP contribution in [0.4, 0.5) is 8.78 Å². The lowest BCUT2D eigenvalue weighted by molar-refractivity contribution is 0.0947. The fraction of sp³-hybridized carbons (Fsp3) is 0.276. The SMILES string of the molecule is COc1ccc(F)c(CNC(=O)c2cn(Cc3ccc(Cn4ccccc4=O)cc3)nc2C2CN(S(C)(=O)=O)C2)c1F. The van der Waals surface area contributed by atoms with Crippen LogP contribution in [-0.2, 0) is 29.7 Å². The van der Waals surface area contributed by atoms with Gasteiger partial charge in [0.15, 0.2) is 11.6 Å². The molecule has 4 aromatic rings. The number of methoxy groups -OCH3 is 1. The summed E-state index contributed by atoms with van der Waals surface area (Å²) in [5.41, 5.74) is 1.96. The topological polar surface area (TPSA) is 116 Å². The van der Waals surface area contributed by atoms with Gasteiger partial charge < -0.3 is 14.6 Å². The minimum atomic E-state index is -3.39. The zero-order chi connectivity index (χ0) is 30.0. The van der Waals surface area contributed by atoms with Crippen molar-refractivity contribution in [2.75, 3.05) is 26.5 Å². The fourth-order valence-corrected chi connectivity index (χ4v) is 5.66. The second kappa shape index (κ2) is 11.9. The lowest BCUT2D eigenvalue weighted by atomic mass is 9.96. The van der Waals surface area contributed by atoms with Gasteiger partial charge in [0.1, 0.15) is 5.82 Å². The van der Waals surface area contributed by atoms with Crippen molar-refractivity contribution in [3.05, 3.63) is 117 Å². The third-order valence-corrected chi connectivity index (χ3v) is 8.39. The van der Waals surface area contributed by atoms with Crippen LogP contribution in [0.15, 0.2) is 71.8 Å². The molecular weight excluding hydrogens is 568 g/mol. The number of sulfonamides is 1. The molecular formula is C29H29F2N5O5S. The number of amides is 1. The van der Waals surface area contributed by atoms with E-state index in [9.17, 15) is 26.8 Å². The Morgan fingerprint density at radius 3 is 2.38 bits per heavy atom. The summed E-state index contributed by atoms with van der Waals surface area (Å²) >= 11 is 0. The second-order valence-corrected chi connectivity index (χ2v) is 12.1. The highest BCUT2D eigenvalue weighted by molar-refractivity contribution is 7.88. The second-order valence-electron chi connectivity index (χ2n) is 10.1. The zero-order valence-electron chi connectivity index (χ0n) is 23.0. The van der Waals surface area contributed by atoms with Gasteiger partial charge >= 0.3 is 0 Å². The molecule has 2 aromatic carbocycles. The van der Waals surface area contributed by atoms with Crippen molar-refractivity contribution in [3.8, 4) is 5.75 Å². The van der Waals surface area contributed by atoms with Gasteiger partial charge in [-0.1, -0.05) is 30.3 Å². The van der Waals surface area contributed by atoms with E-state index in [4.69, 9.17) is 4.74 Å². The van der Waals surface area contributed by atoms with Crippen LogP contribution in [0.5, 0.6) is 5.75 Å². The van der Waals surface area contributed by atoms with Crippen LogP contribution in [0.3, 0.4) is 0 Å². The number of carbonyl (C=O) groups excluding carboxylic acids is 1. The van der Waals surface area contributed by atoms with Crippen LogP contribution in [-0.4, -0.2) is 59.4 Å². The number of nitrogens with zero attached hydrogens (tertiary/aromatic N) is 4. The summed E-state index contributed by atoms with van der Waals surface area (Å²) in [7, 11) is -2.13. The van der Waals surface area contributed by atoms with Gasteiger partial charge in [-0.3, -0.25) is 14.3 Å². The van der Waals surface area contributed by atoms with Gasteiger partial charge in [-0.15, -0.1) is 0 Å². The maximum absolute atomic E-state index is 14.6. The lowest BCUT2D eigenvalue weighted by Crippen LogP contribution is -2.48. The molecule has 1 aliphatic heterocycles. The Kier molecular flexibility index (Phi) is 8.23. The van der Waals surface area contributed by atoms with Crippen LogP contribution in [0, 0.1) is 11.6 Å². The normalized spacial score (nSPS) is 14.0. The lowest BCUT2D eigenvalue weighted by Gasteiger charge is -2.36. The first-order valence-electron chi connectivity index (χ1n) is 13.1. The fourth-order valence-electron chi connectivity index (χ4n) is 4.76. The highest BCUT2D eigenvalue weighted by Gasteiger charge is 2.38. The Hall–Kier alpha value is -4.36. The predicted octanol–water partition coefficient (Wildman–Crippen LogP) is 2.72. The van der Waals surface area contributed by atoms with Crippen molar-refractivity contribution in [1.82, 2.24) is 24.0 Å². The molecule has 1 N–H and O–H groups in total. The molecule has 1 amide bonds. The van der Waals surface area contributed by atoms with E-state index in [0.29, 0.717) is 18.8 Å². The highest BCUT2D eigenvalue weighted by atomic mass is 32.2. The summed E-state index contributed by atoms with van der Waals surface area (Å²) in [5.74, 6) is -2.80. The van der Waals surface area contributed by atoms with Gasteiger partial charge in [0.05, 0.1) is 37.7 Å². The van der Waals surface area contributed by atoms with Gasteiger partial charge in [0.25, 0.3) is 11.5 Å². The molecule has 1 saturated heterocycles. The molecule has 0 atom stereocenters. The summed E-state index contributed by atoms with van der Waals surface area (Å²) in [6.07, 6.45) is 4.38. The molecule has 0 radical (unpaired) electrons. The summed E-state index contributed by atoms with van der Waals surface area (Å²) in [4.78, 5) is 25.3. The first-order valence-corrected chi connectivity index (χ1v) is 14.9. The average Bonchev–Trinajstić information content (AvgIpc) is 3.32. The monoisotopic (exact) mass is 597 g/mol. The minimum absolute atomic E-state index is 0.0984. The van der Waals surface area contributed by atoms with Crippen molar-refractivity contribution >= 4 is 15.9 Å². The van der Waals surface area contributed by atoms with Crippen molar-refractivity contribution < 1.29 is 26.7 Å². The standard InChI is InChI=1S/C29H29F2N5O5S/c1-41-25-11-10-24(30)22(27(25)31)13-32-29(38)23-18-35(33-28(23)21-16-36(17-21)42(2,39)40)15-20-8-6-19(7-9-20)14-34-12-4-3-5-26(34)37/h3-12,18,21H,13-17H2,1-2H3,(H,32,38). The number of nitrogens with one attached hydrogen (secondary N) is 1. The van der Waals surface area contributed by atoms with E-state index < -0.39 is 34.1 Å². The number of benzene rings is 2. The van der Waals surface area contributed by atoms with E-state index in [1.54, 1.807) is 33.8 Å². The number of pyridine rings is 1. The Balaban J connectivity index is 1.35. The highest BCUT2D eigenvalue weighted by Crippen LogP contribution is 2.30. The summed E-state index contributed by atoms with van der Waals surface area (Å²) < 4.78 is 62.1. The van der Waals surface area contributed by atoms with Gasteiger partial charge in [-0.05, 0) is 29.3 Å². The predicted molar refractivity (Wildman–Crippen MR) is 151 cm³/mol. The van der Waals surface area contributed by atoms with E-state index in [1.807, 2.05) is 24.3 Å². The molecule has 0 unspecified atom stereocenters. The minimum Gasteiger partial charge on any atom is -0.494 e. The number of ether oxygens (including phenoxy) is 1. The van der Waals surface area contributed by atoms with Crippen LogP contribution >= 0.6 is 0 Å². The largest absolute Gasteiger partial charge is 0.494 e. The van der Waals surface area contributed by atoms with E-state index in [0.717, 1.165) is 29.5 Å². The summed E-state index contributed by atoms with van der Waals surface area (Å²) in [6, 6.07) is 14.8. The summed E-state index contributed by atoms with van der Waals surface area (Å²) in [6.45, 7) is 0.646. The molecule has 220 valence electrons. The van der Waals surface area contributed by atoms with Crippen LogP contribution in [0.2, 0.25) is 0 Å². The number of rotatable bonds is 10. The Morgan fingerprint density at radius 1 is 1.05 bits per heavy atom. The molecule has 1 fully saturated rings. The molecule has 13 heteroatoms. The van der Waals surface area contributed by atoms with Crippen molar-refractivity contribution in [3.63, 3.8) is 0 Å². The quantitative estimate of drug-likeness (QED) is 0.301. The molecule has 1 aliphatic rings. The number of aromatic nitrogens is 3. The Morgan fingerprint density at radius 2 is 1.74 bits per heavy atom. The van der Waals surface area contributed by atoms with E-state index in [-0.39, 0.29) is 41.4 Å². The smallest absolute Gasteiger partial charge is 0.255 e. The molecule has 42 heavy (non-hydrogen) atoms. The third-order valence-electron chi connectivity index (χ3n) is 7.15. The van der Waals surface area contributed by atoms with Gasteiger partial charge in [0, 0.05) is 49.6 Å². The molecule has 0 bridgehead atoms.